The second-order valence-electron chi connectivity index (χ2n) is 7.89. The van der Waals surface area contributed by atoms with Crippen molar-refractivity contribution in [1.29, 1.82) is 0 Å². The fourth-order valence-corrected chi connectivity index (χ4v) is 4.12. The van der Waals surface area contributed by atoms with E-state index in [1.807, 2.05) is 65.6 Å². The van der Waals surface area contributed by atoms with Crippen molar-refractivity contribution in [2.75, 3.05) is 10.2 Å². The third-order valence-corrected chi connectivity index (χ3v) is 5.75. The Bertz CT molecular complexity index is 1630. The summed E-state index contributed by atoms with van der Waals surface area (Å²) < 4.78 is 6.29. The summed E-state index contributed by atoms with van der Waals surface area (Å²) in [4.78, 5) is 27.1. The summed E-state index contributed by atoms with van der Waals surface area (Å²) in [5.74, 6) is 0.501. The Balaban J connectivity index is 1.42. The number of carbonyl (C=O) groups is 1. The van der Waals surface area contributed by atoms with Crippen LogP contribution in [0, 0.1) is 0 Å². The smallest absolute Gasteiger partial charge is 0.255 e. The van der Waals surface area contributed by atoms with Gasteiger partial charge in [0.05, 0.1) is 5.69 Å². The van der Waals surface area contributed by atoms with Crippen molar-refractivity contribution in [3.63, 3.8) is 0 Å². The van der Waals surface area contributed by atoms with E-state index < -0.39 is 0 Å². The summed E-state index contributed by atoms with van der Waals surface area (Å²) in [5.41, 5.74) is 4.53. The first-order valence-corrected chi connectivity index (χ1v) is 11.1. The molecule has 1 N–H and O–H groups in total. The molecule has 7 nitrogen and oxygen atoms in total. The van der Waals surface area contributed by atoms with Gasteiger partial charge >= 0.3 is 0 Å². The van der Waals surface area contributed by atoms with E-state index in [-0.39, 0.29) is 5.91 Å². The first kappa shape index (κ1) is 20.6. The molecule has 0 aliphatic carbocycles. The molecule has 3 heterocycles. The van der Waals surface area contributed by atoms with Crippen molar-refractivity contribution in [1.82, 2.24) is 15.0 Å². The van der Waals surface area contributed by atoms with Crippen LogP contribution in [-0.2, 0) is 0 Å². The average molecular weight is 457 g/mol. The van der Waals surface area contributed by atoms with Gasteiger partial charge in [0.1, 0.15) is 17.7 Å². The number of nitrogens with one attached hydrogen (secondary N) is 1. The molecule has 0 atom stereocenters. The number of para-hydroxylation sites is 2. The van der Waals surface area contributed by atoms with Crippen LogP contribution in [0.2, 0.25) is 0 Å². The molecule has 0 saturated carbocycles. The maximum absolute atomic E-state index is 12.5. The quantitative estimate of drug-likeness (QED) is 0.318. The second kappa shape index (κ2) is 8.72. The number of aromatic nitrogens is 3. The van der Waals surface area contributed by atoms with Crippen LogP contribution in [0.3, 0.4) is 0 Å². The Kier molecular flexibility index (Phi) is 5.12. The number of nitrogens with zero attached hydrogens (tertiary/aromatic N) is 4. The van der Waals surface area contributed by atoms with E-state index in [0.29, 0.717) is 17.1 Å². The summed E-state index contributed by atoms with van der Waals surface area (Å²) in [5, 5.41) is 5.00. The van der Waals surface area contributed by atoms with Crippen LogP contribution < -0.4 is 10.2 Å². The van der Waals surface area contributed by atoms with Crippen LogP contribution in [0.5, 0.6) is 0 Å². The van der Waals surface area contributed by atoms with Crippen LogP contribution >= 0.6 is 0 Å². The van der Waals surface area contributed by atoms with E-state index in [4.69, 9.17) is 4.42 Å². The van der Waals surface area contributed by atoms with Gasteiger partial charge in [-0.2, -0.15) is 0 Å². The lowest BCUT2D eigenvalue weighted by Crippen LogP contribution is -2.13. The van der Waals surface area contributed by atoms with Crippen LogP contribution in [0.25, 0.3) is 21.9 Å². The molecule has 0 aliphatic heterocycles. The minimum Gasteiger partial charge on any atom is -0.454 e. The number of hydrogen-bond acceptors (Lipinski definition) is 6. The molecule has 0 aliphatic rings. The van der Waals surface area contributed by atoms with Crippen molar-refractivity contribution < 1.29 is 9.21 Å². The molecule has 0 spiro atoms. The van der Waals surface area contributed by atoms with Crippen molar-refractivity contribution in [3.8, 4) is 0 Å². The van der Waals surface area contributed by atoms with Gasteiger partial charge in [-0.3, -0.25) is 14.7 Å². The lowest BCUT2D eigenvalue weighted by molar-refractivity contribution is 0.102. The Hall–Kier alpha value is -5.04. The molecule has 0 fully saturated rings. The van der Waals surface area contributed by atoms with Crippen LogP contribution in [0.15, 0.2) is 114 Å². The molecule has 6 rings (SSSR count). The molecule has 0 saturated heterocycles. The van der Waals surface area contributed by atoms with E-state index in [1.165, 1.54) is 6.33 Å². The van der Waals surface area contributed by atoms with Gasteiger partial charge in [-0.1, -0.05) is 30.3 Å². The van der Waals surface area contributed by atoms with Crippen LogP contribution in [0.1, 0.15) is 10.4 Å². The second-order valence-corrected chi connectivity index (χ2v) is 7.89. The van der Waals surface area contributed by atoms with Crippen molar-refractivity contribution in [2.24, 2.45) is 0 Å². The van der Waals surface area contributed by atoms with Gasteiger partial charge in [0.2, 0.25) is 0 Å². The molecular weight excluding hydrogens is 438 g/mol. The summed E-state index contributed by atoms with van der Waals surface area (Å²) in [6, 6.07) is 26.9. The monoisotopic (exact) mass is 457 g/mol. The highest BCUT2D eigenvalue weighted by Gasteiger charge is 2.20. The van der Waals surface area contributed by atoms with Gasteiger partial charge in [-0.05, 0) is 54.6 Å². The Morgan fingerprint density at radius 1 is 0.771 bits per heavy atom. The molecule has 168 valence electrons. The summed E-state index contributed by atoms with van der Waals surface area (Å²) >= 11 is 0. The van der Waals surface area contributed by atoms with Crippen molar-refractivity contribution in [2.45, 2.75) is 0 Å². The number of amides is 1. The number of hydrogen-bond donors (Lipinski definition) is 1. The van der Waals surface area contributed by atoms with E-state index in [0.717, 1.165) is 33.3 Å². The number of pyridine rings is 1. The molecule has 0 bridgehead atoms. The molecule has 3 aromatic carbocycles. The van der Waals surface area contributed by atoms with E-state index in [9.17, 15) is 4.79 Å². The lowest BCUT2D eigenvalue weighted by atomic mass is 10.1. The number of furan rings is 1. The fourth-order valence-electron chi connectivity index (χ4n) is 4.12. The number of benzene rings is 3. The minimum absolute atomic E-state index is 0.195. The standard InChI is InChI=1S/C28H19N5O2/c34-28(19-12-15-29-16-13-19)32-20-8-10-21(11-9-20)33(26-14-17-30-18-31-26)24-6-3-5-23-22-4-1-2-7-25(22)35-27(23)24/h1-18H,(H,32,34). The molecule has 3 aromatic heterocycles. The predicted octanol–water partition coefficient (Wildman–Crippen LogP) is 6.49. The van der Waals surface area contributed by atoms with Gasteiger partial charge in [-0.15, -0.1) is 0 Å². The maximum Gasteiger partial charge on any atom is 0.255 e. The zero-order valence-corrected chi connectivity index (χ0v) is 18.5. The minimum atomic E-state index is -0.195. The third kappa shape index (κ3) is 3.85. The Morgan fingerprint density at radius 2 is 1.54 bits per heavy atom. The molecule has 6 aromatic rings. The van der Waals surface area contributed by atoms with Gasteiger partial charge < -0.3 is 9.73 Å². The highest BCUT2D eigenvalue weighted by molar-refractivity contribution is 6.10. The SMILES string of the molecule is O=C(Nc1ccc(N(c2ccncn2)c2cccc3c2oc2ccccc23)cc1)c1ccncc1. The maximum atomic E-state index is 12.5. The molecule has 0 unspecified atom stereocenters. The van der Waals surface area contributed by atoms with Gasteiger partial charge in [0.15, 0.2) is 5.58 Å². The highest BCUT2D eigenvalue weighted by Crippen LogP contribution is 2.41. The summed E-state index contributed by atoms with van der Waals surface area (Å²) in [7, 11) is 0. The number of anilines is 4. The Labute approximate surface area is 200 Å². The largest absolute Gasteiger partial charge is 0.454 e. The first-order valence-electron chi connectivity index (χ1n) is 11.1. The van der Waals surface area contributed by atoms with E-state index in [2.05, 4.69) is 32.4 Å². The summed E-state index contributed by atoms with van der Waals surface area (Å²) in [6.45, 7) is 0. The van der Waals surface area contributed by atoms with Gasteiger partial charge in [0, 0.05) is 46.3 Å². The van der Waals surface area contributed by atoms with Crippen LogP contribution in [0.4, 0.5) is 22.9 Å². The van der Waals surface area contributed by atoms with Crippen molar-refractivity contribution in [3.05, 3.63) is 115 Å². The van der Waals surface area contributed by atoms with Crippen molar-refractivity contribution >= 4 is 50.7 Å². The lowest BCUT2D eigenvalue weighted by Gasteiger charge is -2.24. The predicted molar refractivity (Wildman–Crippen MR) is 136 cm³/mol. The molecule has 1 amide bonds. The normalized spacial score (nSPS) is 11.0. The first-order chi connectivity index (χ1) is 17.3. The topological polar surface area (TPSA) is 84.2 Å². The average Bonchev–Trinajstić information content (AvgIpc) is 3.31. The molecule has 7 heteroatoms. The summed E-state index contributed by atoms with van der Waals surface area (Å²) in [6.07, 6.45) is 6.41. The zero-order valence-electron chi connectivity index (χ0n) is 18.5. The molecule has 35 heavy (non-hydrogen) atoms. The number of carbonyl (C=O) groups excluding carboxylic acids is 1. The number of fused-ring (bicyclic) bond motifs is 3. The zero-order chi connectivity index (χ0) is 23.6. The van der Waals surface area contributed by atoms with Gasteiger partial charge in [-0.25, -0.2) is 9.97 Å². The Morgan fingerprint density at radius 3 is 2.34 bits per heavy atom. The number of rotatable bonds is 5. The van der Waals surface area contributed by atoms with E-state index in [1.54, 1.807) is 30.7 Å². The fraction of sp³-hybridized carbons (Fsp3) is 0. The molecular formula is C28H19N5O2. The third-order valence-electron chi connectivity index (χ3n) is 5.75. The van der Waals surface area contributed by atoms with E-state index >= 15 is 0 Å². The van der Waals surface area contributed by atoms with Gasteiger partial charge in [0.25, 0.3) is 5.91 Å². The molecule has 0 radical (unpaired) electrons. The highest BCUT2D eigenvalue weighted by atomic mass is 16.3. The van der Waals surface area contributed by atoms with Crippen LogP contribution in [-0.4, -0.2) is 20.9 Å².